The Bertz CT molecular complexity index is 432. The predicted molar refractivity (Wildman–Crippen MR) is 73.6 cm³/mol. The summed E-state index contributed by atoms with van der Waals surface area (Å²) >= 11 is 0. The number of halogens is 1. The van der Waals surface area contributed by atoms with E-state index in [1.54, 1.807) is 6.07 Å². The van der Waals surface area contributed by atoms with Gasteiger partial charge in [0, 0.05) is 5.46 Å². The van der Waals surface area contributed by atoms with Gasteiger partial charge in [-0.1, -0.05) is 18.2 Å². The van der Waals surface area contributed by atoms with Crippen molar-refractivity contribution in [2.45, 2.75) is 38.9 Å². The molecule has 0 saturated carbocycles. The van der Waals surface area contributed by atoms with Gasteiger partial charge in [0.05, 0.1) is 11.2 Å². The van der Waals surface area contributed by atoms with Crippen LogP contribution in [0.1, 0.15) is 27.7 Å². The lowest BCUT2D eigenvalue weighted by molar-refractivity contribution is 0.00578. The lowest BCUT2D eigenvalue weighted by atomic mass is 9.78. The van der Waals surface area contributed by atoms with Gasteiger partial charge in [0.15, 0.2) is 0 Å². The second-order valence-electron chi connectivity index (χ2n) is 5.66. The van der Waals surface area contributed by atoms with Gasteiger partial charge in [-0.15, -0.1) is 0 Å². The van der Waals surface area contributed by atoms with E-state index in [1.807, 2.05) is 45.9 Å². The molecule has 0 bridgehead atoms. The van der Waals surface area contributed by atoms with Crippen LogP contribution in [0.25, 0.3) is 0 Å². The van der Waals surface area contributed by atoms with Gasteiger partial charge >= 0.3 is 7.12 Å². The fourth-order valence-corrected chi connectivity index (χ4v) is 1.93. The van der Waals surface area contributed by atoms with Crippen LogP contribution in [0.4, 0.5) is 4.39 Å². The summed E-state index contributed by atoms with van der Waals surface area (Å²) in [5.74, 6) is 0.610. The second-order valence-corrected chi connectivity index (χ2v) is 5.66. The number of hydrogen-bond donors (Lipinski definition) is 0. The highest BCUT2D eigenvalue weighted by atomic mass is 19.1. The number of hydrogen-bond acceptors (Lipinski definition) is 3. The van der Waals surface area contributed by atoms with E-state index < -0.39 is 25.0 Å². The first-order chi connectivity index (χ1) is 8.87. The first-order valence-electron chi connectivity index (χ1n) is 6.51. The number of benzene rings is 1. The van der Waals surface area contributed by atoms with E-state index in [4.69, 9.17) is 14.0 Å². The maximum atomic E-state index is 12.2. The Hall–Kier alpha value is -1.07. The molecule has 1 fully saturated rings. The smallest absolute Gasteiger partial charge is 0.491 e. The topological polar surface area (TPSA) is 27.7 Å². The van der Waals surface area contributed by atoms with Crippen LogP contribution in [-0.4, -0.2) is 31.6 Å². The Morgan fingerprint density at radius 3 is 2.26 bits per heavy atom. The highest BCUT2D eigenvalue weighted by Crippen LogP contribution is 2.37. The maximum absolute atomic E-state index is 12.2. The summed E-state index contributed by atoms with van der Waals surface area (Å²) in [6, 6.07) is 7.43. The van der Waals surface area contributed by atoms with Crippen LogP contribution >= 0.6 is 0 Å². The molecule has 0 spiro atoms. The van der Waals surface area contributed by atoms with Crippen molar-refractivity contribution in [2.75, 3.05) is 13.3 Å². The van der Waals surface area contributed by atoms with Crippen LogP contribution in [0.5, 0.6) is 5.75 Å². The van der Waals surface area contributed by atoms with Gasteiger partial charge in [0.1, 0.15) is 19.0 Å². The van der Waals surface area contributed by atoms with Crippen molar-refractivity contribution < 1.29 is 18.4 Å². The third kappa shape index (κ3) is 2.77. The van der Waals surface area contributed by atoms with Crippen molar-refractivity contribution in [2.24, 2.45) is 0 Å². The van der Waals surface area contributed by atoms with Gasteiger partial charge < -0.3 is 14.0 Å². The molecule has 1 saturated heterocycles. The Balaban J connectivity index is 2.24. The van der Waals surface area contributed by atoms with Crippen molar-refractivity contribution in [3.63, 3.8) is 0 Å². The van der Waals surface area contributed by atoms with Gasteiger partial charge in [-0.3, -0.25) is 0 Å². The van der Waals surface area contributed by atoms with Crippen LogP contribution in [0.15, 0.2) is 24.3 Å². The normalized spacial score (nSPS) is 20.6. The van der Waals surface area contributed by atoms with Crippen LogP contribution < -0.4 is 10.2 Å². The molecule has 1 aromatic rings. The summed E-state index contributed by atoms with van der Waals surface area (Å²) in [6.45, 7) is 7.51. The van der Waals surface area contributed by atoms with Crippen LogP contribution in [0.2, 0.25) is 0 Å². The molecule has 0 aromatic heterocycles. The minimum atomic E-state index is -0.516. The van der Waals surface area contributed by atoms with E-state index in [9.17, 15) is 4.39 Å². The van der Waals surface area contributed by atoms with Gasteiger partial charge in [0.2, 0.25) is 0 Å². The zero-order chi connectivity index (χ0) is 14.1. The molecule has 0 aliphatic carbocycles. The van der Waals surface area contributed by atoms with Gasteiger partial charge in [-0.2, -0.15) is 0 Å². The molecule has 2 rings (SSSR count). The number of rotatable bonds is 4. The van der Waals surface area contributed by atoms with Crippen molar-refractivity contribution in [1.82, 2.24) is 0 Å². The molecule has 0 N–H and O–H groups in total. The Morgan fingerprint density at radius 2 is 1.68 bits per heavy atom. The van der Waals surface area contributed by atoms with E-state index in [0.29, 0.717) is 5.75 Å². The molecule has 1 aromatic carbocycles. The molecule has 19 heavy (non-hydrogen) atoms. The van der Waals surface area contributed by atoms with E-state index in [1.165, 1.54) is 0 Å². The lowest BCUT2D eigenvalue weighted by Gasteiger charge is -2.32. The summed E-state index contributed by atoms with van der Waals surface area (Å²) in [7, 11) is -0.485. The summed E-state index contributed by atoms with van der Waals surface area (Å²) < 4.78 is 29.6. The van der Waals surface area contributed by atoms with Gasteiger partial charge in [-0.25, -0.2) is 4.39 Å². The van der Waals surface area contributed by atoms with E-state index >= 15 is 0 Å². The van der Waals surface area contributed by atoms with Crippen LogP contribution in [0.3, 0.4) is 0 Å². The summed E-state index contributed by atoms with van der Waals surface area (Å²) in [5.41, 5.74) is 0.00466. The summed E-state index contributed by atoms with van der Waals surface area (Å²) in [5, 5.41) is 0. The van der Waals surface area contributed by atoms with Gasteiger partial charge in [0.25, 0.3) is 0 Å². The minimum Gasteiger partial charge on any atom is -0.491 e. The predicted octanol–water partition coefficient (Wildman–Crippen LogP) is 2.33. The molecule has 5 heteroatoms. The lowest BCUT2D eigenvalue weighted by Crippen LogP contribution is -2.41. The van der Waals surface area contributed by atoms with Crippen LogP contribution in [0, 0.1) is 0 Å². The Morgan fingerprint density at radius 1 is 1.11 bits per heavy atom. The summed E-state index contributed by atoms with van der Waals surface area (Å²) in [4.78, 5) is 0. The zero-order valence-electron chi connectivity index (χ0n) is 11.9. The SMILES string of the molecule is CC1(C)OB(c2ccccc2OCCF)OC1(C)C. The second kappa shape index (κ2) is 5.14. The number of ether oxygens (including phenoxy) is 1. The number of alkyl halides is 1. The average Bonchev–Trinajstić information content (AvgIpc) is 2.56. The third-order valence-corrected chi connectivity index (χ3v) is 3.76. The molecular formula is C14H20BFO3. The minimum absolute atomic E-state index is 0.0382. The molecule has 1 aliphatic rings. The quantitative estimate of drug-likeness (QED) is 0.783. The third-order valence-electron chi connectivity index (χ3n) is 3.76. The molecule has 1 aliphatic heterocycles. The maximum Gasteiger partial charge on any atom is 0.498 e. The fraction of sp³-hybridized carbons (Fsp3) is 0.571. The molecule has 1 heterocycles. The first-order valence-corrected chi connectivity index (χ1v) is 6.51. The highest BCUT2D eigenvalue weighted by molar-refractivity contribution is 6.63. The monoisotopic (exact) mass is 266 g/mol. The summed E-state index contributed by atoms with van der Waals surface area (Å²) in [6.07, 6.45) is 0. The number of para-hydroxylation sites is 1. The average molecular weight is 266 g/mol. The van der Waals surface area contributed by atoms with E-state index in [2.05, 4.69) is 0 Å². The largest absolute Gasteiger partial charge is 0.498 e. The van der Waals surface area contributed by atoms with E-state index in [-0.39, 0.29) is 6.61 Å². The molecular weight excluding hydrogens is 246 g/mol. The standard InChI is InChI=1S/C14H20BFO3/c1-13(2)14(3,4)19-15(18-13)11-7-5-6-8-12(11)17-10-9-16/h5-8H,9-10H2,1-4H3. The molecule has 3 nitrogen and oxygen atoms in total. The van der Waals surface area contributed by atoms with Crippen LogP contribution in [-0.2, 0) is 9.31 Å². The Labute approximate surface area is 114 Å². The molecule has 0 amide bonds. The molecule has 0 radical (unpaired) electrons. The molecule has 0 atom stereocenters. The van der Waals surface area contributed by atoms with Crippen molar-refractivity contribution in [3.05, 3.63) is 24.3 Å². The highest BCUT2D eigenvalue weighted by Gasteiger charge is 2.52. The van der Waals surface area contributed by atoms with E-state index in [0.717, 1.165) is 5.46 Å². The molecule has 0 unspecified atom stereocenters. The van der Waals surface area contributed by atoms with Crippen molar-refractivity contribution in [3.8, 4) is 5.75 Å². The fourth-order valence-electron chi connectivity index (χ4n) is 1.93. The van der Waals surface area contributed by atoms with Crippen molar-refractivity contribution in [1.29, 1.82) is 0 Å². The van der Waals surface area contributed by atoms with Crippen molar-refractivity contribution >= 4 is 12.6 Å². The molecule has 104 valence electrons. The van der Waals surface area contributed by atoms with Gasteiger partial charge in [-0.05, 0) is 33.8 Å². The first kappa shape index (κ1) is 14.3. The Kier molecular flexibility index (Phi) is 3.88. The zero-order valence-corrected chi connectivity index (χ0v) is 11.9.